The van der Waals surface area contributed by atoms with E-state index in [0.29, 0.717) is 18.9 Å². The smallest absolute Gasteiger partial charge is 0.246 e. The number of hydrogen-bond acceptors (Lipinski definition) is 5. The summed E-state index contributed by atoms with van der Waals surface area (Å²) in [6.07, 6.45) is 3.22. The molecule has 0 fully saturated rings. The largest absolute Gasteiger partial charge is 0.489 e. The highest BCUT2D eigenvalue weighted by atomic mass is 32.1. The number of para-hydroxylation sites is 1. The van der Waals surface area contributed by atoms with E-state index < -0.39 is 5.82 Å². The van der Waals surface area contributed by atoms with Crippen LogP contribution in [0.1, 0.15) is 16.3 Å². The van der Waals surface area contributed by atoms with Gasteiger partial charge in [0.25, 0.3) is 0 Å². The molecule has 0 N–H and O–H groups in total. The van der Waals surface area contributed by atoms with Crippen molar-refractivity contribution in [2.24, 2.45) is 0 Å². The van der Waals surface area contributed by atoms with Crippen LogP contribution in [0.2, 0.25) is 0 Å². The summed E-state index contributed by atoms with van der Waals surface area (Å²) in [6.45, 7) is 2.91. The number of aryl methyl sites for hydroxylation is 1. The molecule has 0 radical (unpaired) electrons. The van der Waals surface area contributed by atoms with Gasteiger partial charge in [0.05, 0.1) is 17.2 Å². The number of rotatable bonds is 9. The number of nitrogens with zero attached hydrogens (tertiary/aromatic N) is 2. The third-order valence-corrected chi connectivity index (χ3v) is 5.05. The number of benzene rings is 2. The van der Waals surface area contributed by atoms with E-state index in [1.165, 1.54) is 17.0 Å². The lowest BCUT2D eigenvalue weighted by Gasteiger charge is -2.15. The Balaban J connectivity index is 1.48. The highest BCUT2D eigenvalue weighted by Gasteiger charge is 2.07. The predicted molar refractivity (Wildman–Crippen MR) is 116 cm³/mol. The molecule has 156 valence electrons. The average Bonchev–Trinajstić information content (AvgIpc) is 3.17. The lowest BCUT2D eigenvalue weighted by molar-refractivity contribution is -0.125. The molecule has 0 aliphatic carbocycles. The first kappa shape index (κ1) is 21.5. The van der Waals surface area contributed by atoms with Gasteiger partial charge in [-0.3, -0.25) is 4.79 Å². The first-order valence-corrected chi connectivity index (χ1v) is 10.3. The fourth-order valence-corrected chi connectivity index (χ4v) is 3.20. The number of halogens is 1. The highest BCUT2D eigenvalue weighted by Crippen LogP contribution is 2.17. The van der Waals surface area contributed by atoms with Crippen LogP contribution in [-0.4, -0.2) is 36.0 Å². The van der Waals surface area contributed by atoms with E-state index in [1.54, 1.807) is 42.7 Å². The van der Waals surface area contributed by atoms with Gasteiger partial charge in [-0.1, -0.05) is 24.3 Å². The van der Waals surface area contributed by atoms with Crippen molar-refractivity contribution in [1.82, 2.24) is 9.88 Å². The zero-order valence-electron chi connectivity index (χ0n) is 16.9. The molecular formula is C23H23FN2O3S. The van der Waals surface area contributed by atoms with E-state index >= 15 is 0 Å². The second kappa shape index (κ2) is 10.5. The van der Waals surface area contributed by atoms with Crippen LogP contribution in [0, 0.1) is 12.7 Å². The first-order valence-electron chi connectivity index (χ1n) is 9.45. The van der Waals surface area contributed by atoms with Crippen LogP contribution in [0.25, 0.3) is 6.08 Å². The number of ether oxygens (including phenoxy) is 2. The van der Waals surface area contributed by atoms with Crippen LogP contribution in [0.4, 0.5) is 4.39 Å². The number of hydrogen-bond donors (Lipinski definition) is 0. The summed E-state index contributed by atoms with van der Waals surface area (Å²) < 4.78 is 24.7. The van der Waals surface area contributed by atoms with Gasteiger partial charge in [0.2, 0.25) is 5.91 Å². The first-order chi connectivity index (χ1) is 14.5. The van der Waals surface area contributed by atoms with Gasteiger partial charge in [-0.05, 0) is 42.8 Å². The molecule has 1 heterocycles. The molecule has 0 atom stereocenters. The Kier molecular flexibility index (Phi) is 7.57. The monoisotopic (exact) mass is 426 g/mol. The van der Waals surface area contributed by atoms with E-state index in [-0.39, 0.29) is 18.3 Å². The number of aromatic nitrogens is 1. The lowest BCUT2D eigenvalue weighted by Crippen LogP contribution is -2.29. The Hall–Kier alpha value is -3.19. The standard InChI is InChI=1S/C23H23FN2O3S/c1-17-25-19(16-30-17)15-29-20-7-5-6-18(14-20)10-11-23(27)26(2)12-13-28-22-9-4-3-8-21(22)24/h3-11,14,16H,12-13,15H2,1-2H3/b11-10+. The quantitative estimate of drug-likeness (QED) is 0.465. The van der Waals surface area contributed by atoms with Crippen molar-refractivity contribution < 1.29 is 18.7 Å². The van der Waals surface area contributed by atoms with Crippen molar-refractivity contribution in [2.75, 3.05) is 20.2 Å². The van der Waals surface area contributed by atoms with E-state index in [0.717, 1.165) is 16.3 Å². The number of carbonyl (C=O) groups is 1. The Morgan fingerprint density at radius 3 is 2.80 bits per heavy atom. The van der Waals surface area contributed by atoms with Gasteiger partial charge in [-0.15, -0.1) is 11.3 Å². The number of amides is 1. The molecule has 0 saturated carbocycles. The van der Waals surface area contributed by atoms with E-state index in [9.17, 15) is 9.18 Å². The van der Waals surface area contributed by atoms with E-state index in [4.69, 9.17) is 9.47 Å². The fraction of sp³-hybridized carbons (Fsp3) is 0.217. The van der Waals surface area contributed by atoms with Crippen molar-refractivity contribution in [2.45, 2.75) is 13.5 Å². The molecule has 0 aliphatic heterocycles. The second-order valence-corrected chi connectivity index (χ2v) is 7.65. The molecule has 5 nitrogen and oxygen atoms in total. The summed E-state index contributed by atoms with van der Waals surface area (Å²) in [6, 6.07) is 13.7. The van der Waals surface area contributed by atoms with Gasteiger partial charge in [0.1, 0.15) is 19.0 Å². The molecule has 1 aromatic heterocycles. The third kappa shape index (κ3) is 6.42. The molecule has 0 unspecified atom stereocenters. The summed E-state index contributed by atoms with van der Waals surface area (Å²) in [5.41, 5.74) is 1.75. The lowest BCUT2D eigenvalue weighted by atomic mass is 10.2. The van der Waals surface area contributed by atoms with Crippen LogP contribution in [0.3, 0.4) is 0 Å². The Morgan fingerprint density at radius 2 is 2.03 bits per heavy atom. The Bertz CT molecular complexity index is 1020. The summed E-state index contributed by atoms with van der Waals surface area (Å²) in [5, 5.41) is 2.98. The van der Waals surface area contributed by atoms with E-state index in [1.807, 2.05) is 36.6 Å². The van der Waals surface area contributed by atoms with Gasteiger partial charge in [0, 0.05) is 18.5 Å². The maximum absolute atomic E-state index is 13.5. The maximum Gasteiger partial charge on any atom is 0.246 e. The van der Waals surface area contributed by atoms with Crippen LogP contribution < -0.4 is 9.47 Å². The van der Waals surface area contributed by atoms with Crippen LogP contribution in [0.5, 0.6) is 11.5 Å². The van der Waals surface area contributed by atoms with Crippen molar-refractivity contribution in [3.8, 4) is 11.5 Å². The number of likely N-dealkylation sites (N-methyl/N-ethyl adjacent to an activating group) is 1. The number of thiazole rings is 1. The second-order valence-electron chi connectivity index (χ2n) is 6.59. The minimum Gasteiger partial charge on any atom is -0.489 e. The summed E-state index contributed by atoms with van der Waals surface area (Å²) in [7, 11) is 1.67. The molecule has 30 heavy (non-hydrogen) atoms. The topological polar surface area (TPSA) is 51.7 Å². The van der Waals surface area contributed by atoms with Crippen molar-refractivity contribution in [1.29, 1.82) is 0 Å². The summed E-state index contributed by atoms with van der Waals surface area (Å²) >= 11 is 1.59. The molecule has 1 amide bonds. The minimum atomic E-state index is -0.418. The maximum atomic E-state index is 13.5. The molecule has 0 aliphatic rings. The van der Waals surface area contributed by atoms with Gasteiger partial charge >= 0.3 is 0 Å². The van der Waals surface area contributed by atoms with Crippen molar-refractivity contribution in [3.05, 3.63) is 82.1 Å². The summed E-state index contributed by atoms with van der Waals surface area (Å²) in [4.78, 5) is 18.2. The third-order valence-electron chi connectivity index (χ3n) is 4.23. The molecular weight excluding hydrogens is 403 g/mol. The fourth-order valence-electron chi connectivity index (χ4n) is 2.60. The molecule has 2 aromatic carbocycles. The van der Waals surface area contributed by atoms with Crippen molar-refractivity contribution in [3.63, 3.8) is 0 Å². The van der Waals surface area contributed by atoms with Crippen LogP contribution in [-0.2, 0) is 11.4 Å². The average molecular weight is 427 g/mol. The van der Waals surface area contributed by atoms with Gasteiger partial charge in [-0.25, -0.2) is 9.37 Å². The minimum absolute atomic E-state index is 0.170. The zero-order chi connectivity index (χ0) is 21.3. The Labute approximate surface area is 179 Å². The van der Waals surface area contributed by atoms with E-state index in [2.05, 4.69) is 4.98 Å². The predicted octanol–water partition coefficient (Wildman–Crippen LogP) is 4.72. The normalized spacial score (nSPS) is 10.9. The summed E-state index contributed by atoms with van der Waals surface area (Å²) in [5.74, 6) is 0.301. The molecule has 3 rings (SSSR count). The van der Waals surface area contributed by atoms with Crippen molar-refractivity contribution >= 4 is 23.3 Å². The van der Waals surface area contributed by atoms with Crippen LogP contribution >= 0.6 is 11.3 Å². The highest BCUT2D eigenvalue weighted by molar-refractivity contribution is 7.09. The van der Waals surface area contributed by atoms with Gasteiger partial charge in [-0.2, -0.15) is 0 Å². The zero-order valence-corrected chi connectivity index (χ0v) is 17.7. The van der Waals surface area contributed by atoms with Gasteiger partial charge in [0.15, 0.2) is 11.6 Å². The Morgan fingerprint density at radius 1 is 1.20 bits per heavy atom. The molecule has 0 bridgehead atoms. The van der Waals surface area contributed by atoms with Crippen LogP contribution in [0.15, 0.2) is 60.0 Å². The number of carbonyl (C=O) groups excluding carboxylic acids is 1. The molecule has 0 spiro atoms. The molecule has 3 aromatic rings. The SMILES string of the molecule is Cc1nc(COc2cccc(/C=C/C(=O)N(C)CCOc3ccccc3F)c2)cs1. The molecule has 7 heteroatoms. The van der Waals surface area contributed by atoms with Gasteiger partial charge < -0.3 is 14.4 Å². The molecule has 0 saturated heterocycles.